The number of carbonyl (C=O) groups is 1. The number of hydrogen-bond donors (Lipinski definition) is 1. The highest BCUT2D eigenvalue weighted by molar-refractivity contribution is 5.76. The van der Waals surface area contributed by atoms with Crippen molar-refractivity contribution < 1.29 is 4.79 Å². The SMILES string of the molecule is Cc1n[nH]c(C)c1CCC(=O)N1CCC(c2nn(C)c(=O)n2C2CCCC2)CC1. The maximum Gasteiger partial charge on any atom is 0.345 e. The summed E-state index contributed by atoms with van der Waals surface area (Å²) in [5.41, 5.74) is 3.20. The van der Waals surface area contributed by atoms with Crippen LogP contribution in [0.3, 0.4) is 0 Å². The molecule has 1 saturated carbocycles. The first-order valence-electron chi connectivity index (χ1n) is 10.9. The van der Waals surface area contributed by atoms with Gasteiger partial charge < -0.3 is 4.90 Å². The van der Waals surface area contributed by atoms with E-state index in [9.17, 15) is 9.59 Å². The molecular weight excluding hydrogens is 368 g/mol. The molecule has 1 saturated heterocycles. The topological polar surface area (TPSA) is 88.8 Å². The predicted octanol–water partition coefficient (Wildman–Crippen LogP) is 2.38. The van der Waals surface area contributed by atoms with Gasteiger partial charge in [-0.15, -0.1) is 0 Å². The van der Waals surface area contributed by atoms with Crippen molar-refractivity contribution in [2.24, 2.45) is 7.05 Å². The standard InChI is InChI=1S/C21H32N6O2/c1-14-18(15(2)23-22-14)8-9-19(28)26-12-10-16(11-13-26)20-24-25(3)21(29)27(20)17-6-4-5-7-17/h16-17H,4-13H2,1-3H3,(H,22,23). The third kappa shape index (κ3) is 3.89. The average molecular weight is 401 g/mol. The van der Waals surface area contributed by atoms with Crippen molar-refractivity contribution in [1.82, 2.24) is 29.4 Å². The fourth-order valence-electron chi connectivity index (χ4n) is 5.00. The Morgan fingerprint density at radius 1 is 1.14 bits per heavy atom. The third-order valence-electron chi connectivity index (χ3n) is 6.75. The first-order valence-corrected chi connectivity index (χ1v) is 10.9. The van der Waals surface area contributed by atoms with Gasteiger partial charge in [0.2, 0.25) is 5.91 Å². The van der Waals surface area contributed by atoms with Gasteiger partial charge in [0.15, 0.2) is 0 Å². The predicted molar refractivity (Wildman–Crippen MR) is 110 cm³/mol. The Hall–Kier alpha value is -2.38. The molecule has 8 nitrogen and oxygen atoms in total. The number of rotatable bonds is 5. The number of nitrogens with one attached hydrogen (secondary N) is 1. The molecule has 1 aliphatic carbocycles. The number of aryl methyl sites for hydroxylation is 3. The van der Waals surface area contributed by atoms with Gasteiger partial charge in [0, 0.05) is 44.2 Å². The number of amides is 1. The smallest absolute Gasteiger partial charge is 0.343 e. The Kier molecular flexibility index (Phi) is 5.61. The van der Waals surface area contributed by atoms with E-state index in [-0.39, 0.29) is 17.5 Å². The summed E-state index contributed by atoms with van der Waals surface area (Å²) in [5, 5.41) is 11.8. The molecule has 3 heterocycles. The van der Waals surface area contributed by atoms with Crippen LogP contribution < -0.4 is 5.69 Å². The van der Waals surface area contributed by atoms with Gasteiger partial charge in [0.25, 0.3) is 0 Å². The van der Waals surface area contributed by atoms with Crippen molar-refractivity contribution in [2.45, 2.75) is 77.2 Å². The summed E-state index contributed by atoms with van der Waals surface area (Å²) >= 11 is 0. The lowest BCUT2D eigenvalue weighted by Gasteiger charge is -2.32. The minimum absolute atomic E-state index is 0.0104. The van der Waals surface area contributed by atoms with Crippen molar-refractivity contribution in [3.05, 3.63) is 33.3 Å². The van der Waals surface area contributed by atoms with Crippen molar-refractivity contribution in [1.29, 1.82) is 0 Å². The molecule has 0 aromatic carbocycles. The van der Waals surface area contributed by atoms with E-state index in [0.29, 0.717) is 12.5 Å². The maximum atomic E-state index is 12.7. The number of hydrogen-bond acceptors (Lipinski definition) is 4. The lowest BCUT2D eigenvalue weighted by atomic mass is 9.95. The first-order chi connectivity index (χ1) is 14.0. The molecule has 2 aromatic heterocycles. The van der Waals surface area contributed by atoms with Crippen LogP contribution in [0.15, 0.2) is 4.79 Å². The molecule has 2 aliphatic rings. The van der Waals surface area contributed by atoms with Crippen LogP contribution in [0, 0.1) is 13.8 Å². The fourth-order valence-corrected chi connectivity index (χ4v) is 5.00. The van der Waals surface area contributed by atoms with E-state index < -0.39 is 0 Å². The van der Waals surface area contributed by atoms with E-state index in [1.165, 1.54) is 17.5 Å². The van der Waals surface area contributed by atoms with Crippen LogP contribution in [-0.2, 0) is 18.3 Å². The Morgan fingerprint density at radius 3 is 2.45 bits per heavy atom. The molecule has 1 aliphatic heterocycles. The van der Waals surface area contributed by atoms with Crippen molar-refractivity contribution in [3.63, 3.8) is 0 Å². The van der Waals surface area contributed by atoms with Crippen molar-refractivity contribution in [3.8, 4) is 0 Å². The first kappa shape index (κ1) is 19.9. The summed E-state index contributed by atoms with van der Waals surface area (Å²) in [4.78, 5) is 27.3. The van der Waals surface area contributed by atoms with Crippen LogP contribution in [0.4, 0.5) is 0 Å². The second-order valence-electron chi connectivity index (χ2n) is 8.64. The van der Waals surface area contributed by atoms with Crippen LogP contribution >= 0.6 is 0 Å². The quantitative estimate of drug-likeness (QED) is 0.834. The van der Waals surface area contributed by atoms with Gasteiger partial charge in [0.1, 0.15) is 5.82 Å². The number of piperidine rings is 1. The minimum atomic E-state index is 0.0104. The summed E-state index contributed by atoms with van der Waals surface area (Å²) in [6, 6.07) is 0.298. The summed E-state index contributed by atoms with van der Waals surface area (Å²) in [6.45, 7) is 5.46. The Balaban J connectivity index is 1.38. The van der Waals surface area contributed by atoms with E-state index in [2.05, 4.69) is 15.3 Å². The Morgan fingerprint density at radius 2 is 1.83 bits per heavy atom. The average Bonchev–Trinajstić information content (AvgIpc) is 3.42. The molecule has 158 valence electrons. The molecule has 0 unspecified atom stereocenters. The Bertz CT molecular complexity index is 906. The third-order valence-corrected chi connectivity index (χ3v) is 6.75. The van der Waals surface area contributed by atoms with E-state index in [1.54, 1.807) is 7.05 Å². The molecule has 1 amide bonds. The zero-order chi connectivity index (χ0) is 20.5. The normalized spacial score (nSPS) is 18.7. The van der Waals surface area contributed by atoms with E-state index >= 15 is 0 Å². The van der Waals surface area contributed by atoms with Gasteiger partial charge in [-0.3, -0.25) is 14.5 Å². The summed E-state index contributed by atoms with van der Waals surface area (Å²) < 4.78 is 3.44. The highest BCUT2D eigenvalue weighted by Crippen LogP contribution is 2.33. The van der Waals surface area contributed by atoms with Crippen molar-refractivity contribution in [2.75, 3.05) is 13.1 Å². The van der Waals surface area contributed by atoms with Crippen LogP contribution in [0.5, 0.6) is 0 Å². The van der Waals surface area contributed by atoms with Gasteiger partial charge in [-0.05, 0) is 51.5 Å². The largest absolute Gasteiger partial charge is 0.345 e. The van der Waals surface area contributed by atoms with Gasteiger partial charge in [-0.2, -0.15) is 10.2 Å². The molecule has 0 atom stereocenters. The highest BCUT2D eigenvalue weighted by atomic mass is 16.2. The number of aromatic amines is 1. The lowest BCUT2D eigenvalue weighted by Crippen LogP contribution is -2.39. The highest BCUT2D eigenvalue weighted by Gasteiger charge is 2.31. The molecule has 1 N–H and O–H groups in total. The van der Waals surface area contributed by atoms with Gasteiger partial charge in [0.05, 0.1) is 5.69 Å². The summed E-state index contributed by atoms with van der Waals surface area (Å²) in [6.07, 6.45) is 7.52. The minimum Gasteiger partial charge on any atom is -0.343 e. The second-order valence-corrected chi connectivity index (χ2v) is 8.64. The second kappa shape index (κ2) is 8.16. The van der Waals surface area contributed by atoms with Crippen LogP contribution in [-0.4, -0.2) is 48.4 Å². The Labute approximate surface area is 171 Å². The molecular formula is C21H32N6O2. The molecule has 8 heteroatoms. The van der Waals surface area contributed by atoms with E-state index in [0.717, 1.165) is 68.0 Å². The molecule has 0 bridgehead atoms. The fraction of sp³-hybridized carbons (Fsp3) is 0.714. The number of aromatic nitrogens is 5. The number of carbonyl (C=O) groups excluding carboxylic acids is 1. The van der Waals surface area contributed by atoms with Crippen LogP contribution in [0.2, 0.25) is 0 Å². The number of likely N-dealkylation sites (tertiary alicyclic amines) is 1. The maximum absolute atomic E-state index is 12.7. The molecule has 0 radical (unpaired) electrons. The summed E-state index contributed by atoms with van der Waals surface area (Å²) in [5.74, 6) is 1.39. The molecule has 4 rings (SSSR count). The van der Waals surface area contributed by atoms with Gasteiger partial charge >= 0.3 is 5.69 Å². The van der Waals surface area contributed by atoms with Gasteiger partial charge in [-0.25, -0.2) is 9.48 Å². The van der Waals surface area contributed by atoms with Gasteiger partial charge in [-0.1, -0.05) is 12.8 Å². The monoisotopic (exact) mass is 400 g/mol. The zero-order valence-electron chi connectivity index (χ0n) is 17.8. The van der Waals surface area contributed by atoms with Crippen LogP contribution in [0.25, 0.3) is 0 Å². The summed E-state index contributed by atoms with van der Waals surface area (Å²) in [7, 11) is 1.75. The van der Waals surface area contributed by atoms with Crippen LogP contribution in [0.1, 0.15) is 79.7 Å². The number of H-pyrrole nitrogens is 1. The number of nitrogens with zero attached hydrogens (tertiary/aromatic N) is 5. The van der Waals surface area contributed by atoms with E-state index in [4.69, 9.17) is 0 Å². The molecule has 2 aromatic rings. The molecule has 29 heavy (non-hydrogen) atoms. The lowest BCUT2D eigenvalue weighted by molar-refractivity contribution is -0.132. The van der Waals surface area contributed by atoms with Crippen molar-refractivity contribution >= 4 is 5.91 Å². The molecule has 0 spiro atoms. The molecule has 2 fully saturated rings. The zero-order valence-corrected chi connectivity index (χ0v) is 17.8. The van der Waals surface area contributed by atoms with E-state index in [1.807, 2.05) is 23.3 Å².